The monoisotopic (exact) mass is 226 g/mol. The van der Waals surface area contributed by atoms with Gasteiger partial charge in [-0.1, -0.05) is 24.1 Å². The van der Waals surface area contributed by atoms with Crippen molar-refractivity contribution >= 4 is 0 Å². The molecule has 3 nitrogen and oxygen atoms in total. The van der Waals surface area contributed by atoms with Crippen molar-refractivity contribution in [2.75, 3.05) is 6.61 Å². The fourth-order valence-corrected chi connectivity index (χ4v) is 1.49. The summed E-state index contributed by atoms with van der Waals surface area (Å²) >= 11 is 0. The highest BCUT2D eigenvalue weighted by Gasteiger charge is 2.00. The van der Waals surface area contributed by atoms with Crippen LogP contribution in [0.5, 0.6) is 0 Å². The van der Waals surface area contributed by atoms with Gasteiger partial charge in [0.05, 0.1) is 11.9 Å². The highest BCUT2D eigenvalue weighted by Crippen LogP contribution is 2.08. The maximum absolute atomic E-state index is 8.67. The molecule has 1 aromatic heterocycles. The van der Waals surface area contributed by atoms with Crippen molar-refractivity contribution in [1.29, 1.82) is 0 Å². The predicted octanol–water partition coefficient (Wildman–Crippen LogP) is 2.00. The van der Waals surface area contributed by atoms with E-state index in [0.29, 0.717) is 12.8 Å². The van der Waals surface area contributed by atoms with Gasteiger partial charge in [-0.2, -0.15) is 5.10 Å². The molecule has 0 unspecified atom stereocenters. The van der Waals surface area contributed by atoms with Crippen LogP contribution in [0.15, 0.2) is 42.6 Å². The van der Waals surface area contributed by atoms with Crippen LogP contribution >= 0.6 is 0 Å². The van der Waals surface area contributed by atoms with E-state index in [9.17, 15) is 0 Å². The largest absolute Gasteiger partial charge is 0.396 e. The zero-order valence-electron chi connectivity index (χ0n) is 9.50. The second-order valence-electron chi connectivity index (χ2n) is 3.59. The minimum Gasteiger partial charge on any atom is -0.396 e. The fraction of sp³-hybridized carbons (Fsp3) is 0.214. The molecular formula is C14H14N2O. The summed E-state index contributed by atoms with van der Waals surface area (Å²) in [6, 6.07) is 11.8. The smallest absolute Gasteiger partial charge is 0.116 e. The Hall–Kier alpha value is -2.05. The second-order valence-corrected chi connectivity index (χ2v) is 3.59. The predicted molar refractivity (Wildman–Crippen MR) is 66.8 cm³/mol. The summed E-state index contributed by atoms with van der Waals surface area (Å²) in [5.74, 6) is 6.09. The number of unbranched alkanes of at least 4 members (excludes halogenated alkanes) is 1. The summed E-state index contributed by atoms with van der Waals surface area (Å²) in [7, 11) is 0. The number of aromatic nitrogens is 2. The van der Waals surface area contributed by atoms with Gasteiger partial charge >= 0.3 is 0 Å². The Kier molecular flexibility index (Phi) is 3.95. The van der Waals surface area contributed by atoms with Gasteiger partial charge in [0.15, 0.2) is 0 Å². The molecular weight excluding hydrogens is 212 g/mol. The van der Waals surface area contributed by atoms with Crippen LogP contribution in [0.1, 0.15) is 18.5 Å². The molecule has 1 aromatic carbocycles. The first kappa shape index (κ1) is 11.4. The quantitative estimate of drug-likeness (QED) is 0.642. The number of para-hydroxylation sites is 1. The molecule has 3 heteroatoms. The van der Waals surface area contributed by atoms with Crippen molar-refractivity contribution in [2.45, 2.75) is 12.8 Å². The van der Waals surface area contributed by atoms with Gasteiger partial charge in [0.25, 0.3) is 0 Å². The molecule has 0 fully saturated rings. The van der Waals surface area contributed by atoms with Crippen LogP contribution in [0, 0.1) is 11.8 Å². The molecule has 0 saturated heterocycles. The summed E-state index contributed by atoms with van der Waals surface area (Å²) in [6.07, 6.45) is 3.16. The van der Waals surface area contributed by atoms with Crippen molar-refractivity contribution in [2.24, 2.45) is 0 Å². The molecule has 0 bridgehead atoms. The second kappa shape index (κ2) is 5.88. The zero-order chi connectivity index (χ0) is 11.9. The molecule has 2 rings (SSSR count). The first-order chi connectivity index (χ1) is 8.42. The third kappa shape index (κ3) is 2.96. The Labute approximate surface area is 101 Å². The van der Waals surface area contributed by atoms with Crippen LogP contribution in [-0.2, 0) is 0 Å². The molecule has 0 radical (unpaired) electrons. The lowest BCUT2D eigenvalue weighted by atomic mass is 10.3. The lowest BCUT2D eigenvalue weighted by Gasteiger charge is -2.01. The minimum absolute atomic E-state index is 0.187. The summed E-state index contributed by atoms with van der Waals surface area (Å²) in [5, 5.41) is 12.9. The van der Waals surface area contributed by atoms with E-state index in [1.165, 1.54) is 0 Å². The van der Waals surface area contributed by atoms with Crippen molar-refractivity contribution in [1.82, 2.24) is 9.78 Å². The average Bonchev–Trinajstić information content (AvgIpc) is 2.84. The Balaban J connectivity index is 2.20. The van der Waals surface area contributed by atoms with Crippen molar-refractivity contribution in [3.8, 4) is 17.5 Å². The molecule has 0 amide bonds. The Bertz CT molecular complexity index is 520. The van der Waals surface area contributed by atoms with Crippen molar-refractivity contribution in [3.63, 3.8) is 0 Å². The lowest BCUT2D eigenvalue weighted by Crippen LogP contribution is -1.98. The van der Waals surface area contributed by atoms with E-state index in [1.54, 1.807) is 6.20 Å². The SMILES string of the molecule is OCCCC#Cc1ccnn1-c1ccccc1. The first-order valence-corrected chi connectivity index (χ1v) is 5.61. The van der Waals surface area contributed by atoms with Gasteiger partial charge < -0.3 is 5.11 Å². The van der Waals surface area contributed by atoms with E-state index < -0.39 is 0 Å². The van der Waals surface area contributed by atoms with E-state index >= 15 is 0 Å². The van der Waals surface area contributed by atoms with Crippen LogP contribution in [0.25, 0.3) is 5.69 Å². The van der Waals surface area contributed by atoms with Gasteiger partial charge in [0.1, 0.15) is 5.69 Å². The van der Waals surface area contributed by atoms with Gasteiger partial charge in [-0.3, -0.25) is 0 Å². The van der Waals surface area contributed by atoms with Crippen LogP contribution in [0.2, 0.25) is 0 Å². The minimum atomic E-state index is 0.187. The zero-order valence-corrected chi connectivity index (χ0v) is 9.50. The molecule has 17 heavy (non-hydrogen) atoms. The molecule has 0 spiro atoms. The summed E-state index contributed by atoms with van der Waals surface area (Å²) in [6.45, 7) is 0.187. The Morgan fingerprint density at radius 1 is 1.18 bits per heavy atom. The van der Waals surface area contributed by atoms with Crippen LogP contribution < -0.4 is 0 Å². The van der Waals surface area contributed by atoms with E-state index in [4.69, 9.17) is 5.11 Å². The molecule has 0 aliphatic carbocycles. The molecule has 0 atom stereocenters. The fourth-order valence-electron chi connectivity index (χ4n) is 1.49. The number of hydrogen-bond acceptors (Lipinski definition) is 2. The normalized spacial score (nSPS) is 9.71. The van der Waals surface area contributed by atoms with Crippen LogP contribution in [0.3, 0.4) is 0 Å². The van der Waals surface area contributed by atoms with E-state index in [1.807, 2.05) is 41.1 Å². The highest BCUT2D eigenvalue weighted by atomic mass is 16.2. The highest BCUT2D eigenvalue weighted by molar-refractivity contribution is 5.38. The third-order valence-electron chi connectivity index (χ3n) is 2.32. The molecule has 0 aliphatic rings. The third-order valence-corrected chi connectivity index (χ3v) is 2.32. The number of hydrogen-bond donors (Lipinski definition) is 1. The maximum atomic E-state index is 8.67. The lowest BCUT2D eigenvalue weighted by molar-refractivity contribution is 0.290. The summed E-state index contributed by atoms with van der Waals surface area (Å²) < 4.78 is 1.81. The van der Waals surface area contributed by atoms with Crippen molar-refractivity contribution < 1.29 is 5.11 Å². The molecule has 0 saturated carbocycles. The van der Waals surface area contributed by atoms with Gasteiger partial charge in [-0.05, 0) is 30.5 Å². The van der Waals surface area contributed by atoms with E-state index in [2.05, 4.69) is 16.9 Å². The Morgan fingerprint density at radius 2 is 2.00 bits per heavy atom. The summed E-state index contributed by atoms with van der Waals surface area (Å²) in [4.78, 5) is 0. The number of aliphatic hydroxyl groups is 1. The molecule has 86 valence electrons. The van der Waals surface area contributed by atoms with Gasteiger partial charge in [-0.15, -0.1) is 0 Å². The maximum Gasteiger partial charge on any atom is 0.116 e. The van der Waals surface area contributed by atoms with Gasteiger partial charge in [0, 0.05) is 13.0 Å². The summed E-state index contributed by atoms with van der Waals surface area (Å²) in [5.41, 5.74) is 1.87. The van der Waals surface area contributed by atoms with Gasteiger partial charge in [-0.25, -0.2) is 4.68 Å². The topological polar surface area (TPSA) is 38.1 Å². The average molecular weight is 226 g/mol. The number of benzene rings is 1. The van der Waals surface area contributed by atoms with Crippen molar-refractivity contribution in [3.05, 3.63) is 48.3 Å². The number of aliphatic hydroxyl groups excluding tert-OH is 1. The van der Waals surface area contributed by atoms with Crippen LogP contribution in [0.4, 0.5) is 0 Å². The van der Waals surface area contributed by atoms with Crippen LogP contribution in [-0.4, -0.2) is 21.5 Å². The van der Waals surface area contributed by atoms with Gasteiger partial charge in [0.2, 0.25) is 0 Å². The van der Waals surface area contributed by atoms with E-state index in [-0.39, 0.29) is 6.61 Å². The first-order valence-electron chi connectivity index (χ1n) is 5.61. The molecule has 0 aliphatic heterocycles. The van der Waals surface area contributed by atoms with E-state index in [0.717, 1.165) is 11.4 Å². The number of rotatable bonds is 3. The molecule has 1 heterocycles. The number of nitrogens with zero attached hydrogens (tertiary/aromatic N) is 2. The molecule has 1 N–H and O–H groups in total. The Morgan fingerprint density at radius 3 is 2.76 bits per heavy atom. The molecule has 2 aromatic rings. The standard InChI is InChI=1S/C14H14N2O/c17-12-6-2-5-9-14-10-11-15-16(14)13-7-3-1-4-8-13/h1,3-4,7-8,10-11,17H,2,6,12H2.